The molecule has 0 aliphatic carbocycles. The van der Waals surface area contributed by atoms with Crippen molar-refractivity contribution in [1.82, 2.24) is 0 Å². The minimum atomic E-state index is -0.128. The Labute approximate surface area is 99.4 Å². The third-order valence-corrected chi connectivity index (χ3v) is 2.30. The zero-order valence-corrected chi connectivity index (χ0v) is 9.78. The molecule has 0 aliphatic heterocycles. The molecule has 0 saturated heterocycles. The normalized spacial score (nSPS) is 10.2. The van der Waals surface area contributed by atoms with Crippen LogP contribution in [0.3, 0.4) is 0 Å². The molecule has 0 spiro atoms. The highest BCUT2D eigenvalue weighted by atomic mass is 16.3. The minimum Gasteiger partial charge on any atom is -0.461 e. The lowest BCUT2D eigenvalue weighted by Gasteiger charge is -2.06. The van der Waals surface area contributed by atoms with Crippen LogP contribution in [-0.4, -0.2) is 5.91 Å². The first-order valence-electron chi connectivity index (χ1n) is 5.29. The van der Waals surface area contributed by atoms with Gasteiger partial charge in [-0.2, -0.15) is 0 Å². The second-order valence-electron chi connectivity index (χ2n) is 3.94. The van der Waals surface area contributed by atoms with E-state index < -0.39 is 0 Å². The summed E-state index contributed by atoms with van der Waals surface area (Å²) in [6.45, 7) is 3.34. The standard InChI is InChI=1S/C13H14N2O2/c1-8-3-4-13(17-8)10-5-11(14)7-12(6-10)15-9(2)16/h3-7H,14H2,1-2H3,(H,15,16). The number of nitrogens with two attached hydrogens (primary N) is 1. The van der Waals surface area contributed by atoms with Crippen molar-refractivity contribution in [3.05, 3.63) is 36.1 Å². The maximum absolute atomic E-state index is 11.0. The summed E-state index contributed by atoms with van der Waals surface area (Å²) in [5.74, 6) is 1.45. The number of aryl methyl sites for hydroxylation is 1. The molecule has 0 saturated carbocycles. The van der Waals surface area contributed by atoms with Gasteiger partial charge in [-0.1, -0.05) is 0 Å². The number of rotatable bonds is 2. The van der Waals surface area contributed by atoms with Crippen LogP contribution in [-0.2, 0) is 4.79 Å². The predicted octanol–water partition coefficient (Wildman–Crippen LogP) is 2.80. The number of amides is 1. The first-order valence-corrected chi connectivity index (χ1v) is 5.29. The van der Waals surface area contributed by atoms with Crippen LogP contribution in [0.2, 0.25) is 0 Å². The Bertz CT molecular complexity index is 558. The van der Waals surface area contributed by atoms with Gasteiger partial charge in [0.2, 0.25) is 5.91 Å². The number of nitrogen functional groups attached to an aromatic ring is 1. The van der Waals surface area contributed by atoms with Crippen molar-refractivity contribution in [2.45, 2.75) is 13.8 Å². The number of nitrogens with one attached hydrogen (secondary N) is 1. The van der Waals surface area contributed by atoms with Crippen LogP contribution in [0, 0.1) is 6.92 Å². The topological polar surface area (TPSA) is 68.3 Å². The van der Waals surface area contributed by atoms with Crippen LogP contribution >= 0.6 is 0 Å². The first-order chi connectivity index (χ1) is 8.04. The van der Waals surface area contributed by atoms with Crippen molar-refractivity contribution in [2.24, 2.45) is 0 Å². The van der Waals surface area contributed by atoms with Crippen molar-refractivity contribution in [2.75, 3.05) is 11.1 Å². The lowest BCUT2D eigenvalue weighted by Crippen LogP contribution is -2.06. The number of benzene rings is 1. The van der Waals surface area contributed by atoms with E-state index in [0.29, 0.717) is 11.4 Å². The van der Waals surface area contributed by atoms with Crippen LogP contribution in [0.1, 0.15) is 12.7 Å². The van der Waals surface area contributed by atoms with E-state index in [1.807, 2.05) is 31.2 Å². The zero-order chi connectivity index (χ0) is 12.4. The largest absolute Gasteiger partial charge is 0.461 e. The summed E-state index contributed by atoms with van der Waals surface area (Å²) < 4.78 is 5.52. The van der Waals surface area contributed by atoms with E-state index in [4.69, 9.17) is 10.2 Å². The summed E-state index contributed by atoms with van der Waals surface area (Å²) in [7, 11) is 0. The molecule has 88 valence electrons. The molecule has 4 heteroatoms. The number of furan rings is 1. The van der Waals surface area contributed by atoms with Gasteiger partial charge in [-0.25, -0.2) is 0 Å². The monoisotopic (exact) mass is 230 g/mol. The van der Waals surface area contributed by atoms with Crippen molar-refractivity contribution in [1.29, 1.82) is 0 Å². The highest BCUT2D eigenvalue weighted by Crippen LogP contribution is 2.27. The van der Waals surface area contributed by atoms with Crippen LogP contribution in [0.25, 0.3) is 11.3 Å². The summed E-state index contributed by atoms with van der Waals surface area (Å²) in [4.78, 5) is 11.0. The number of hydrogen-bond donors (Lipinski definition) is 2. The highest BCUT2D eigenvalue weighted by Gasteiger charge is 2.06. The van der Waals surface area contributed by atoms with Crippen LogP contribution in [0.15, 0.2) is 34.7 Å². The van der Waals surface area contributed by atoms with E-state index in [-0.39, 0.29) is 5.91 Å². The van der Waals surface area contributed by atoms with Gasteiger partial charge in [-0.05, 0) is 37.3 Å². The molecule has 1 aromatic carbocycles. The Kier molecular flexibility index (Phi) is 2.87. The molecule has 0 unspecified atom stereocenters. The Morgan fingerprint density at radius 3 is 2.65 bits per heavy atom. The molecule has 4 nitrogen and oxygen atoms in total. The van der Waals surface area contributed by atoms with Crippen molar-refractivity contribution in [3.8, 4) is 11.3 Å². The second kappa shape index (κ2) is 4.33. The van der Waals surface area contributed by atoms with Gasteiger partial charge in [-0.3, -0.25) is 4.79 Å². The van der Waals surface area contributed by atoms with Crippen molar-refractivity contribution in [3.63, 3.8) is 0 Å². The Morgan fingerprint density at radius 2 is 2.06 bits per heavy atom. The molecule has 1 amide bonds. The Morgan fingerprint density at radius 1 is 1.29 bits per heavy atom. The number of hydrogen-bond acceptors (Lipinski definition) is 3. The van der Waals surface area contributed by atoms with E-state index in [1.165, 1.54) is 6.92 Å². The average molecular weight is 230 g/mol. The number of carbonyl (C=O) groups is 1. The molecule has 2 rings (SSSR count). The fourth-order valence-electron chi connectivity index (χ4n) is 1.66. The van der Waals surface area contributed by atoms with Crippen LogP contribution < -0.4 is 11.1 Å². The van der Waals surface area contributed by atoms with E-state index >= 15 is 0 Å². The molecule has 0 aliphatic rings. The molecule has 0 fully saturated rings. The first kappa shape index (κ1) is 11.3. The predicted molar refractivity (Wildman–Crippen MR) is 67.6 cm³/mol. The molecule has 0 atom stereocenters. The Hall–Kier alpha value is -2.23. The summed E-state index contributed by atoms with van der Waals surface area (Å²) in [6, 6.07) is 9.11. The molecular formula is C13H14N2O2. The van der Waals surface area contributed by atoms with Gasteiger partial charge in [0.15, 0.2) is 0 Å². The number of carbonyl (C=O) groups excluding carboxylic acids is 1. The SMILES string of the molecule is CC(=O)Nc1cc(N)cc(-c2ccc(C)o2)c1. The van der Waals surface area contributed by atoms with Crippen LogP contribution in [0.4, 0.5) is 11.4 Å². The molecule has 1 heterocycles. The summed E-state index contributed by atoms with van der Waals surface area (Å²) in [5, 5.41) is 2.70. The average Bonchev–Trinajstić information content (AvgIpc) is 2.62. The third-order valence-electron chi connectivity index (χ3n) is 2.30. The van der Waals surface area contributed by atoms with Gasteiger partial charge in [0.25, 0.3) is 0 Å². The maximum Gasteiger partial charge on any atom is 0.221 e. The molecule has 2 aromatic rings. The summed E-state index contributed by atoms with van der Waals surface area (Å²) >= 11 is 0. The van der Waals surface area contributed by atoms with E-state index in [1.54, 1.807) is 6.07 Å². The van der Waals surface area contributed by atoms with Gasteiger partial charge in [0.05, 0.1) is 0 Å². The van der Waals surface area contributed by atoms with Crippen LogP contribution in [0.5, 0.6) is 0 Å². The summed E-state index contributed by atoms with van der Waals surface area (Å²) in [6.07, 6.45) is 0. The molecule has 17 heavy (non-hydrogen) atoms. The van der Waals surface area contributed by atoms with Crippen molar-refractivity contribution < 1.29 is 9.21 Å². The molecular weight excluding hydrogens is 216 g/mol. The quantitative estimate of drug-likeness (QED) is 0.779. The maximum atomic E-state index is 11.0. The van der Waals surface area contributed by atoms with Gasteiger partial charge >= 0.3 is 0 Å². The fraction of sp³-hybridized carbons (Fsp3) is 0.154. The lowest BCUT2D eigenvalue weighted by molar-refractivity contribution is -0.114. The fourth-order valence-corrected chi connectivity index (χ4v) is 1.66. The van der Waals surface area contributed by atoms with Gasteiger partial charge in [0.1, 0.15) is 11.5 Å². The molecule has 1 aromatic heterocycles. The van der Waals surface area contributed by atoms with Gasteiger partial charge in [-0.15, -0.1) is 0 Å². The smallest absolute Gasteiger partial charge is 0.221 e. The molecule has 0 bridgehead atoms. The third kappa shape index (κ3) is 2.66. The lowest BCUT2D eigenvalue weighted by atomic mass is 10.1. The number of anilines is 2. The summed E-state index contributed by atoms with van der Waals surface area (Å²) in [5.41, 5.74) is 7.89. The second-order valence-corrected chi connectivity index (χ2v) is 3.94. The van der Waals surface area contributed by atoms with Crippen molar-refractivity contribution >= 4 is 17.3 Å². The highest BCUT2D eigenvalue weighted by molar-refractivity contribution is 5.90. The Balaban J connectivity index is 2.41. The van der Waals surface area contributed by atoms with Gasteiger partial charge in [0, 0.05) is 23.9 Å². The van der Waals surface area contributed by atoms with E-state index in [2.05, 4.69) is 5.32 Å². The van der Waals surface area contributed by atoms with E-state index in [9.17, 15) is 4.79 Å². The zero-order valence-electron chi connectivity index (χ0n) is 9.78. The van der Waals surface area contributed by atoms with Gasteiger partial charge < -0.3 is 15.5 Å². The van der Waals surface area contributed by atoms with E-state index in [0.717, 1.165) is 17.1 Å². The molecule has 0 radical (unpaired) electrons. The molecule has 3 N–H and O–H groups in total. The minimum absolute atomic E-state index is 0.128.